The highest BCUT2D eigenvalue weighted by atomic mass is 32.2. The van der Waals surface area contributed by atoms with Gasteiger partial charge in [0.15, 0.2) is 0 Å². The van der Waals surface area contributed by atoms with Crippen molar-refractivity contribution in [2.75, 3.05) is 18.6 Å². The lowest BCUT2D eigenvalue weighted by Gasteiger charge is -2.21. The fourth-order valence-electron chi connectivity index (χ4n) is 1.15. The van der Waals surface area contributed by atoms with E-state index < -0.39 is 0 Å². The molecule has 0 N–H and O–H groups in total. The van der Waals surface area contributed by atoms with Gasteiger partial charge in [-0.1, -0.05) is 6.58 Å². The molecule has 0 aliphatic carbocycles. The molecule has 0 spiro atoms. The predicted octanol–water partition coefficient (Wildman–Crippen LogP) is 1.14. The smallest absolute Gasteiger partial charge is 0.245 e. The molecule has 62 valence electrons. The van der Waals surface area contributed by atoms with Gasteiger partial charge in [-0.3, -0.25) is 4.79 Å². The van der Waals surface area contributed by atoms with Crippen LogP contribution in [0.1, 0.15) is 6.42 Å². The van der Waals surface area contributed by atoms with Gasteiger partial charge in [-0.25, -0.2) is 0 Å². The Hall–Kier alpha value is -0.440. The monoisotopic (exact) mass is 171 g/mol. The molecule has 1 unspecified atom stereocenters. The molecule has 0 aromatic heterocycles. The number of carbonyl (C=O) groups is 1. The Morgan fingerprint density at radius 1 is 1.82 bits per heavy atom. The third-order valence-corrected chi connectivity index (χ3v) is 3.12. The summed E-state index contributed by atoms with van der Waals surface area (Å²) < 4.78 is 0. The van der Waals surface area contributed by atoms with E-state index in [0.29, 0.717) is 6.04 Å². The van der Waals surface area contributed by atoms with E-state index in [1.54, 1.807) is 4.90 Å². The maximum atomic E-state index is 11.1. The van der Waals surface area contributed by atoms with Crippen molar-refractivity contribution in [2.24, 2.45) is 0 Å². The molecule has 1 rings (SSSR count). The van der Waals surface area contributed by atoms with Crippen molar-refractivity contribution in [1.82, 2.24) is 4.90 Å². The van der Waals surface area contributed by atoms with Gasteiger partial charge < -0.3 is 4.90 Å². The maximum absolute atomic E-state index is 11.1. The highest BCUT2D eigenvalue weighted by molar-refractivity contribution is 7.99. The molecule has 0 aromatic carbocycles. The largest absolute Gasteiger partial charge is 0.338 e. The highest BCUT2D eigenvalue weighted by Crippen LogP contribution is 2.21. The van der Waals surface area contributed by atoms with Gasteiger partial charge in [0.25, 0.3) is 0 Å². The molecule has 0 radical (unpaired) electrons. The van der Waals surface area contributed by atoms with Gasteiger partial charge in [-0.15, -0.1) is 0 Å². The van der Waals surface area contributed by atoms with Crippen LogP contribution >= 0.6 is 11.8 Å². The zero-order chi connectivity index (χ0) is 8.27. The number of hydrogen-bond donors (Lipinski definition) is 0. The number of likely N-dealkylation sites (N-methyl/N-ethyl adjacent to an activating group) is 1. The minimum Gasteiger partial charge on any atom is -0.338 e. The molecule has 3 heteroatoms. The summed E-state index contributed by atoms with van der Waals surface area (Å²) in [4.78, 5) is 12.9. The first-order chi connectivity index (χ1) is 5.25. The molecule has 1 saturated heterocycles. The number of thioether (sulfide) groups is 1. The van der Waals surface area contributed by atoms with Crippen LogP contribution in [0.25, 0.3) is 0 Å². The summed E-state index contributed by atoms with van der Waals surface area (Å²) in [5, 5.41) is 0. The molecule has 0 saturated carbocycles. The third-order valence-electron chi connectivity index (χ3n) is 1.98. The zero-order valence-electron chi connectivity index (χ0n) is 6.75. The zero-order valence-corrected chi connectivity index (χ0v) is 7.56. The van der Waals surface area contributed by atoms with Crippen LogP contribution in [0.4, 0.5) is 0 Å². The Labute approximate surface area is 71.6 Å². The summed E-state index contributed by atoms with van der Waals surface area (Å²) in [5.41, 5.74) is 0. The molecule has 1 amide bonds. The summed E-state index contributed by atoms with van der Waals surface area (Å²) in [7, 11) is 1.85. The number of nitrogens with zero attached hydrogens (tertiary/aromatic N) is 1. The number of carbonyl (C=O) groups excluding carboxylic acids is 1. The highest BCUT2D eigenvalue weighted by Gasteiger charge is 2.21. The van der Waals surface area contributed by atoms with Gasteiger partial charge in [-0.05, 0) is 18.2 Å². The number of hydrogen-bond acceptors (Lipinski definition) is 2. The van der Waals surface area contributed by atoms with Crippen molar-refractivity contribution in [2.45, 2.75) is 12.5 Å². The van der Waals surface area contributed by atoms with Gasteiger partial charge in [0, 0.05) is 18.8 Å². The van der Waals surface area contributed by atoms with Gasteiger partial charge >= 0.3 is 0 Å². The molecule has 1 aliphatic rings. The Morgan fingerprint density at radius 2 is 2.55 bits per heavy atom. The molecule has 1 fully saturated rings. The summed E-state index contributed by atoms with van der Waals surface area (Å²) in [6.45, 7) is 3.46. The van der Waals surface area contributed by atoms with Crippen LogP contribution in [0, 0.1) is 0 Å². The summed E-state index contributed by atoms with van der Waals surface area (Å²) in [5.74, 6) is 2.30. The van der Waals surface area contributed by atoms with Crippen molar-refractivity contribution in [3.05, 3.63) is 12.7 Å². The van der Waals surface area contributed by atoms with Crippen LogP contribution in [0.3, 0.4) is 0 Å². The first-order valence-electron chi connectivity index (χ1n) is 3.72. The van der Waals surface area contributed by atoms with Crippen LogP contribution in [-0.4, -0.2) is 35.4 Å². The molecule has 0 aromatic rings. The van der Waals surface area contributed by atoms with Crippen molar-refractivity contribution >= 4 is 17.7 Å². The lowest BCUT2D eigenvalue weighted by Crippen LogP contribution is -2.35. The van der Waals surface area contributed by atoms with Crippen molar-refractivity contribution in [3.8, 4) is 0 Å². The van der Waals surface area contributed by atoms with E-state index in [2.05, 4.69) is 6.58 Å². The molecule has 1 atom stereocenters. The molecule has 2 nitrogen and oxygen atoms in total. The van der Waals surface area contributed by atoms with Crippen molar-refractivity contribution in [3.63, 3.8) is 0 Å². The molecular formula is C8H13NOS. The van der Waals surface area contributed by atoms with E-state index in [-0.39, 0.29) is 5.91 Å². The number of rotatable bonds is 2. The quantitative estimate of drug-likeness (QED) is 0.581. The van der Waals surface area contributed by atoms with Crippen molar-refractivity contribution in [1.29, 1.82) is 0 Å². The average molecular weight is 171 g/mol. The first-order valence-corrected chi connectivity index (χ1v) is 4.88. The van der Waals surface area contributed by atoms with E-state index in [4.69, 9.17) is 0 Å². The van der Waals surface area contributed by atoms with Crippen LogP contribution in [0.2, 0.25) is 0 Å². The van der Waals surface area contributed by atoms with E-state index in [0.717, 1.165) is 12.2 Å². The third kappa shape index (κ3) is 1.99. The van der Waals surface area contributed by atoms with Crippen molar-refractivity contribution < 1.29 is 4.79 Å². The molecule has 1 aliphatic heterocycles. The van der Waals surface area contributed by atoms with Crippen LogP contribution in [0.15, 0.2) is 12.7 Å². The van der Waals surface area contributed by atoms with Crippen LogP contribution in [0.5, 0.6) is 0 Å². The summed E-state index contributed by atoms with van der Waals surface area (Å²) >= 11 is 1.91. The standard InChI is InChI=1S/C8H13NOS/c1-3-8(10)9(2)7-4-5-11-6-7/h3,7H,1,4-6H2,2H3. The fraction of sp³-hybridized carbons (Fsp3) is 0.625. The van der Waals surface area contributed by atoms with Crippen LogP contribution in [-0.2, 0) is 4.79 Å². The average Bonchev–Trinajstić information content (AvgIpc) is 2.53. The Bertz CT molecular complexity index is 163. The van der Waals surface area contributed by atoms with E-state index in [9.17, 15) is 4.79 Å². The van der Waals surface area contributed by atoms with Gasteiger partial charge in [0.05, 0.1) is 0 Å². The SMILES string of the molecule is C=CC(=O)N(C)C1CCSC1. The van der Waals surface area contributed by atoms with Gasteiger partial charge in [0.2, 0.25) is 5.91 Å². The lowest BCUT2D eigenvalue weighted by molar-refractivity contribution is -0.126. The fourth-order valence-corrected chi connectivity index (χ4v) is 2.42. The van der Waals surface area contributed by atoms with E-state index in [1.807, 2.05) is 18.8 Å². The Kier molecular flexibility index (Phi) is 3.00. The minimum absolute atomic E-state index is 0.0394. The minimum atomic E-state index is 0.0394. The van der Waals surface area contributed by atoms with Crippen LogP contribution < -0.4 is 0 Å². The molecule has 0 bridgehead atoms. The molecular weight excluding hydrogens is 158 g/mol. The second-order valence-corrected chi connectivity index (χ2v) is 3.82. The normalized spacial score (nSPS) is 23.2. The van der Waals surface area contributed by atoms with Gasteiger partial charge in [0.1, 0.15) is 0 Å². The van der Waals surface area contributed by atoms with Gasteiger partial charge in [-0.2, -0.15) is 11.8 Å². The topological polar surface area (TPSA) is 20.3 Å². The second-order valence-electron chi connectivity index (χ2n) is 2.67. The lowest BCUT2D eigenvalue weighted by atomic mass is 10.2. The second kappa shape index (κ2) is 3.81. The number of amides is 1. The maximum Gasteiger partial charge on any atom is 0.245 e. The van der Waals surface area contributed by atoms with E-state index in [1.165, 1.54) is 11.8 Å². The Morgan fingerprint density at radius 3 is 3.00 bits per heavy atom. The summed E-state index contributed by atoms with van der Waals surface area (Å²) in [6.07, 6.45) is 2.50. The first kappa shape index (κ1) is 8.65. The molecule has 1 heterocycles. The Balaban J connectivity index is 2.45. The molecule has 11 heavy (non-hydrogen) atoms. The summed E-state index contributed by atoms with van der Waals surface area (Å²) in [6, 6.07) is 0.436. The predicted molar refractivity (Wildman–Crippen MR) is 48.7 cm³/mol. The van der Waals surface area contributed by atoms with E-state index >= 15 is 0 Å².